The highest BCUT2D eigenvalue weighted by atomic mass is 16.3. The molecule has 3 heteroatoms. The van der Waals surface area contributed by atoms with Gasteiger partial charge in [-0.1, -0.05) is 89.5 Å². The van der Waals surface area contributed by atoms with E-state index in [9.17, 15) is 4.91 Å². The lowest BCUT2D eigenvalue weighted by Crippen LogP contribution is -2.10. The number of nitroso groups, excluding NO2 is 1. The monoisotopic (exact) mass is 395 g/mol. The van der Waals surface area contributed by atoms with Crippen LogP contribution in [0.25, 0.3) is 0 Å². The second-order valence-electron chi connectivity index (χ2n) is 8.10. The van der Waals surface area contributed by atoms with E-state index in [-0.39, 0.29) is 0 Å². The summed E-state index contributed by atoms with van der Waals surface area (Å²) in [5.74, 6) is 0. The van der Waals surface area contributed by atoms with Crippen molar-refractivity contribution in [2.45, 2.75) is 90.9 Å². The quantitative estimate of drug-likeness (QED) is 0.187. The number of hydrogen-bond donors (Lipinski definition) is 1. The minimum Gasteiger partial charge on any atom is -0.114 e. The minimum absolute atomic E-state index is 0.639. The third kappa shape index (κ3) is 9.25. The third-order valence-electron chi connectivity index (χ3n) is 5.49. The fraction of sp³-hybridized carbons (Fsp3) is 0.538. The van der Waals surface area contributed by atoms with Crippen LogP contribution in [0, 0.1) is 4.91 Å². The van der Waals surface area contributed by atoms with E-state index in [1.165, 1.54) is 75.3 Å². The van der Waals surface area contributed by atoms with E-state index in [1.54, 1.807) is 0 Å². The topological polar surface area (TPSA) is 32.1 Å². The maximum absolute atomic E-state index is 12.4. The largest absolute Gasteiger partial charge is 0.292 e. The first-order valence-electron chi connectivity index (χ1n) is 11.6. The Morgan fingerprint density at radius 3 is 1.55 bits per heavy atom. The number of unbranched alkanes of at least 4 members (excludes halogenated alkanes) is 8. The van der Waals surface area contributed by atoms with Crippen molar-refractivity contribution in [3.63, 3.8) is 0 Å². The molecule has 0 saturated heterocycles. The first kappa shape index (κ1) is 23.1. The molecule has 0 unspecified atom stereocenters. The molecule has 0 aliphatic heterocycles. The molecule has 0 spiro atoms. The Kier molecular flexibility index (Phi) is 11.1. The van der Waals surface area contributed by atoms with Crippen LogP contribution in [0.15, 0.2) is 48.5 Å². The van der Waals surface area contributed by atoms with Gasteiger partial charge in [-0.3, -0.25) is 0 Å². The summed E-state index contributed by atoms with van der Waals surface area (Å²) in [4.78, 5) is 13.3. The second kappa shape index (κ2) is 13.9. The van der Waals surface area contributed by atoms with Gasteiger partial charge in [-0.25, -0.2) is 0 Å². The summed E-state index contributed by atoms with van der Waals surface area (Å²) in [5.41, 5.74) is 7.05. The number of hydrogen-bond acceptors (Lipinski definition) is 1. The fourth-order valence-corrected chi connectivity index (χ4v) is 3.59. The highest BCUT2D eigenvalue weighted by Gasteiger charge is 2.13. The van der Waals surface area contributed by atoms with Crippen molar-refractivity contribution in [2.24, 2.45) is 0 Å². The molecule has 0 radical (unpaired) electrons. The number of nitrogens with zero attached hydrogens (tertiary/aromatic N) is 1. The molecular formula is C26H39N2O+. The first-order valence-corrected chi connectivity index (χ1v) is 11.6. The van der Waals surface area contributed by atoms with Gasteiger partial charge in [0, 0.05) is 12.1 Å². The standard InChI is InChI=1S/C26H39N2O/c1-3-5-7-9-11-13-23-15-19-25(20-16-23)27-28(29)26-21-17-24(18-22-26)14-12-10-8-6-4-2/h15-22H,3-14H2,1-2H3,(H,27,29)/q+1. The molecule has 0 fully saturated rings. The molecule has 0 aliphatic carbocycles. The van der Waals surface area contributed by atoms with Gasteiger partial charge in [-0.15, -0.1) is 5.43 Å². The van der Waals surface area contributed by atoms with E-state index in [1.807, 2.05) is 24.3 Å². The number of hydrazine groups is 1. The number of anilines is 1. The number of nitrogens with one attached hydrogen (secondary N) is 1. The van der Waals surface area contributed by atoms with Crippen molar-refractivity contribution in [1.29, 1.82) is 0 Å². The Hall–Kier alpha value is -2.16. The molecule has 0 bridgehead atoms. The summed E-state index contributed by atoms with van der Waals surface area (Å²) >= 11 is 0. The highest BCUT2D eigenvalue weighted by Crippen LogP contribution is 2.18. The van der Waals surface area contributed by atoms with Crippen LogP contribution in [0.4, 0.5) is 11.4 Å². The van der Waals surface area contributed by atoms with Crippen LogP contribution < -0.4 is 5.43 Å². The summed E-state index contributed by atoms with van der Waals surface area (Å²) in [6.07, 6.45) is 15.2. The van der Waals surface area contributed by atoms with E-state index in [2.05, 4.69) is 43.5 Å². The number of rotatable bonds is 15. The van der Waals surface area contributed by atoms with Gasteiger partial charge in [-0.2, -0.15) is 0 Å². The average Bonchev–Trinajstić information content (AvgIpc) is 2.75. The molecular weight excluding hydrogens is 356 g/mol. The van der Waals surface area contributed by atoms with Gasteiger partial charge in [0.05, 0.1) is 4.91 Å². The first-order chi connectivity index (χ1) is 14.2. The van der Waals surface area contributed by atoms with Crippen molar-refractivity contribution in [1.82, 2.24) is 0 Å². The smallest absolute Gasteiger partial charge is 0.114 e. The molecule has 158 valence electrons. The van der Waals surface area contributed by atoms with Crippen molar-refractivity contribution >= 4 is 11.4 Å². The molecule has 29 heavy (non-hydrogen) atoms. The molecule has 0 aromatic heterocycles. The van der Waals surface area contributed by atoms with Crippen LogP contribution in [0.5, 0.6) is 0 Å². The van der Waals surface area contributed by atoms with Crippen LogP contribution in [0.3, 0.4) is 0 Å². The Morgan fingerprint density at radius 1 is 0.621 bits per heavy atom. The molecule has 0 amide bonds. The molecule has 0 heterocycles. The van der Waals surface area contributed by atoms with Gasteiger partial charge < -0.3 is 0 Å². The summed E-state index contributed by atoms with van der Waals surface area (Å²) in [7, 11) is 0. The van der Waals surface area contributed by atoms with Gasteiger partial charge in [0.1, 0.15) is 5.69 Å². The van der Waals surface area contributed by atoms with Crippen LogP contribution in [-0.4, -0.2) is 4.87 Å². The average molecular weight is 396 g/mol. The van der Waals surface area contributed by atoms with Gasteiger partial charge >= 0.3 is 0 Å². The van der Waals surface area contributed by atoms with E-state index in [4.69, 9.17) is 0 Å². The maximum atomic E-state index is 12.4. The predicted molar refractivity (Wildman–Crippen MR) is 125 cm³/mol. The van der Waals surface area contributed by atoms with Crippen LogP contribution in [0.1, 0.15) is 89.2 Å². The van der Waals surface area contributed by atoms with Gasteiger partial charge in [0.15, 0.2) is 4.87 Å². The summed E-state index contributed by atoms with van der Waals surface area (Å²) in [6.45, 7) is 4.49. The molecule has 2 rings (SSSR count). The zero-order chi connectivity index (χ0) is 20.7. The third-order valence-corrected chi connectivity index (χ3v) is 5.49. The molecule has 2 aromatic carbocycles. The minimum atomic E-state index is 0.639. The Bertz CT molecular complexity index is 692. The van der Waals surface area contributed by atoms with Crippen LogP contribution in [-0.2, 0) is 12.8 Å². The summed E-state index contributed by atoms with van der Waals surface area (Å²) in [5, 5.41) is 0. The van der Waals surface area contributed by atoms with Crippen LogP contribution >= 0.6 is 0 Å². The Morgan fingerprint density at radius 2 is 1.07 bits per heavy atom. The number of aryl methyl sites for hydroxylation is 2. The van der Waals surface area contributed by atoms with Gasteiger partial charge in [0.25, 0.3) is 5.69 Å². The van der Waals surface area contributed by atoms with Crippen molar-refractivity contribution in [3.05, 3.63) is 64.6 Å². The van der Waals surface area contributed by atoms with Crippen molar-refractivity contribution in [3.8, 4) is 0 Å². The zero-order valence-corrected chi connectivity index (χ0v) is 18.5. The number of benzene rings is 2. The molecule has 0 saturated carbocycles. The van der Waals surface area contributed by atoms with Crippen LogP contribution in [0.2, 0.25) is 0 Å². The molecule has 0 atom stereocenters. The zero-order valence-electron chi connectivity index (χ0n) is 18.5. The lowest BCUT2D eigenvalue weighted by Gasteiger charge is -2.04. The van der Waals surface area contributed by atoms with Crippen molar-refractivity contribution in [2.75, 3.05) is 5.43 Å². The molecule has 3 nitrogen and oxygen atoms in total. The second-order valence-corrected chi connectivity index (χ2v) is 8.10. The maximum Gasteiger partial charge on any atom is 0.292 e. The summed E-state index contributed by atoms with van der Waals surface area (Å²) < 4.78 is 0. The molecule has 0 aliphatic rings. The van der Waals surface area contributed by atoms with E-state index >= 15 is 0 Å². The van der Waals surface area contributed by atoms with E-state index in [0.29, 0.717) is 5.69 Å². The Balaban J connectivity index is 1.74. The lowest BCUT2D eigenvalue weighted by molar-refractivity contribution is -0.427. The normalized spacial score (nSPS) is 10.8. The lowest BCUT2D eigenvalue weighted by atomic mass is 10.1. The summed E-state index contributed by atoms with van der Waals surface area (Å²) in [6, 6.07) is 16.2. The van der Waals surface area contributed by atoms with E-state index in [0.717, 1.165) is 23.4 Å². The molecule has 2 aromatic rings. The molecule has 1 N–H and O–H groups in total. The fourth-order valence-electron chi connectivity index (χ4n) is 3.59. The van der Waals surface area contributed by atoms with E-state index < -0.39 is 0 Å². The van der Waals surface area contributed by atoms with Gasteiger partial charge in [-0.05, 0) is 48.9 Å². The predicted octanol–water partition coefficient (Wildman–Crippen LogP) is 8.15. The Labute approximate surface area is 177 Å². The SMILES string of the molecule is CCCCCCCc1ccc(N[N+](=O)c2ccc(CCCCCCC)cc2)cc1. The highest BCUT2D eigenvalue weighted by molar-refractivity contribution is 5.43. The van der Waals surface area contributed by atoms with Gasteiger partial charge in [0.2, 0.25) is 0 Å². The van der Waals surface area contributed by atoms with Crippen molar-refractivity contribution < 1.29 is 4.87 Å².